The van der Waals surface area contributed by atoms with Crippen molar-refractivity contribution in [3.63, 3.8) is 0 Å². The van der Waals surface area contributed by atoms with Gasteiger partial charge < -0.3 is 5.32 Å². The molecule has 1 nitrogen and oxygen atoms in total. The van der Waals surface area contributed by atoms with Crippen LogP contribution >= 0.6 is 11.6 Å². The number of halogens is 1. The van der Waals surface area contributed by atoms with Crippen LogP contribution in [0.2, 0.25) is 5.02 Å². The summed E-state index contributed by atoms with van der Waals surface area (Å²) in [6.45, 7) is 3.30. The molecule has 1 N–H and O–H groups in total. The van der Waals surface area contributed by atoms with Crippen molar-refractivity contribution in [3.8, 4) is 0 Å². The zero-order chi connectivity index (χ0) is 12.8. The van der Waals surface area contributed by atoms with Crippen molar-refractivity contribution in [2.75, 3.05) is 6.54 Å². The van der Waals surface area contributed by atoms with Crippen LogP contribution in [0.5, 0.6) is 0 Å². The minimum atomic E-state index is 0.724. The van der Waals surface area contributed by atoms with Gasteiger partial charge in [-0.25, -0.2) is 0 Å². The first-order chi connectivity index (χ1) is 8.78. The summed E-state index contributed by atoms with van der Waals surface area (Å²) in [5.41, 5.74) is 1.39. The lowest BCUT2D eigenvalue weighted by molar-refractivity contribution is 0.389. The van der Waals surface area contributed by atoms with Crippen LogP contribution in [0.4, 0.5) is 0 Å². The third-order valence-corrected chi connectivity index (χ3v) is 4.17. The van der Waals surface area contributed by atoms with Crippen molar-refractivity contribution < 1.29 is 0 Å². The molecule has 0 radical (unpaired) electrons. The van der Waals surface area contributed by atoms with Crippen LogP contribution in [0.25, 0.3) is 0 Å². The molecule has 1 aromatic carbocycles. The Bertz CT molecular complexity index is 364. The molecule has 2 unspecified atom stereocenters. The van der Waals surface area contributed by atoms with Crippen molar-refractivity contribution in [2.24, 2.45) is 5.92 Å². The third-order valence-electron chi connectivity index (χ3n) is 3.94. The molecular weight excluding hydrogens is 242 g/mol. The molecule has 1 aliphatic carbocycles. The van der Waals surface area contributed by atoms with Gasteiger partial charge in [-0.05, 0) is 49.4 Å². The minimum Gasteiger partial charge on any atom is -0.314 e. The lowest BCUT2D eigenvalue weighted by Gasteiger charge is -2.20. The molecule has 1 saturated carbocycles. The van der Waals surface area contributed by atoms with Gasteiger partial charge >= 0.3 is 0 Å². The first kappa shape index (κ1) is 13.9. The summed E-state index contributed by atoms with van der Waals surface area (Å²) in [6, 6.07) is 9.07. The van der Waals surface area contributed by atoms with E-state index in [2.05, 4.69) is 30.4 Å². The Labute approximate surface area is 116 Å². The molecule has 0 aromatic heterocycles. The predicted molar refractivity (Wildman–Crippen MR) is 79.2 cm³/mol. The van der Waals surface area contributed by atoms with E-state index in [-0.39, 0.29) is 0 Å². The van der Waals surface area contributed by atoms with Crippen LogP contribution in [-0.2, 0) is 6.42 Å². The number of hydrogen-bond donors (Lipinski definition) is 1. The fraction of sp³-hybridized carbons (Fsp3) is 0.625. The zero-order valence-electron chi connectivity index (χ0n) is 11.3. The van der Waals surface area contributed by atoms with E-state index in [4.69, 9.17) is 11.6 Å². The van der Waals surface area contributed by atoms with Gasteiger partial charge in [0.15, 0.2) is 0 Å². The Hall–Kier alpha value is -0.530. The van der Waals surface area contributed by atoms with E-state index in [1.54, 1.807) is 0 Å². The molecule has 1 aliphatic rings. The Morgan fingerprint density at radius 3 is 2.89 bits per heavy atom. The molecule has 2 atom stereocenters. The minimum absolute atomic E-state index is 0.724. The van der Waals surface area contributed by atoms with Crippen LogP contribution in [0.1, 0.15) is 44.6 Å². The molecule has 0 amide bonds. The Balaban J connectivity index is 1.94. The van der Waals surface area contributed by atoms with E-state index >= 15 is 0 Å². The van der Waals surface area contributed by atoms with Gasteiger partial charge in [0, 0.05) is 11.1 Å². The van der Waals surface area contributed by atoms with Crippen molar-refractivity contribution in [1.29, 1.82) is 0 Å². The highest BCUT2D eigenvalue weighted by atomic mass is 35.5. The van der Waals surface area contributed by atoms with Gasteiger partial charge in [-0.15, -0.1) is 0 Å². The molecule has 2 rings (SSSR count). The molecule has 0 saturated heterocycles. The van der Waals surface area contributed by atoms with Crippen molar-refractivity contribution in [2.45, 2.75) is 51.5 Å². The Morgan fingerprint density at radius 1 is 1.28 bits per heavy atom. The highest BCUT2D eigenvalue weighted by molar-refractivity contribution is 6.30. The lowest BCUT2D eigenvalue weighted by Crippen LogP contribution is -2.30. The third kappa shape index (κ3) is 4.29. The second-order valence-corrected chi connectivity index (χ2v) is 5.91. The zero-order valence-corrected chi connectivity index (χ0v) is 12.0. The van der Waals surface area contributed by atoms with Gasteiger partial charge in [-0.1, -0.05) is 49.9 Å². The molecule has 0 aliphatic heterocycles. The SMILES string of the molecule is CCNC1CCCCC(Cc2cccc(Cl)c2)C1. The van der Waals surface area contributed by atoms with E-state index < -0.39 is 0 Å². The predicted octanol–water partition coefficient (Wildman–Crippen LogP) is 4.44. The molecule has 0 spiro atoms. The maximum Gasteiger partial charge on any atom is 0.0408 e. The van der Waals surface area contributed by atoms with Gasteiger partial charge in [0.2, 0.25) is 0 Å². The fourth-order valence-electron chi connectivity index (χ4n) is 3.12. The fourth-order valence-corrected chi connectivity index (χ4v) is 3.33. The van der Waals surface area contributed by atoms with Gasteiger partial charge in [0.1, 0.15) is 0 Å². The maximum absolute atomic E-state index is 6.06. The van der Waals surface area contributed by atoms with E-state index in [0.717, 1.165) is 23.5 Å². The van der Waals surface area contributed by atoms with Gasteiger partial charge in [-0.2, -0.15) is 0 Å². The van der Waals surface area contributed by atoms with E-state index in [1.807, 2.05) is 6.07 Å². The first-order valence-corrected chi connectivity index (χ1v) is 7.63. The number of hydrogen-bond acceptors (Lipinski definition) is 1. The van der Waals surface area contributed by atoms with Crippen LogP contribution in [0.3, 0.4) is 0 Å². The van der Waals surface area contributed by atoms with Crippen molar-refractivity contribution in [1.82, 2.24) is 5.32 Å². The summed E-state index contributed by atoms with van der Waals surface area (Å²) in [5, 5.41) is 4.49. The van der Waals surface area contributed by atoms with Gasteiger partial charge in [0.25, 0.3) is 0 Å². The van der Waals surface area contributed by atoms with Crippen LogP contribution in [0.15, 0.2) is 24.3 Å². The number of nitrogens with one attached hydrogen (secondary N) is 1. The first-order valence-electron chi connectivity index (χ1n) is 7.25. The highest BCUT2D eigenvalue weighted by Gasteiger charge is 2.19. The monoisotopic (exact) mass is 265 g/mol. The largest absolute Gasteiger partial charge is 0.314 e. The number of rotatable bonds is 4. The molecular formula is C16H24ClN. The van der Waals surface area contributed by atoms with Crippen LogP contribution in [-0.4, -0.2) is 12.6 Å². The normalized spacial score (nSPS) is 24.8. The summed E-state index contributed by atoms with van der Waals surface area (Å²) in [4.78, 5) is 0. The highest BCUT2D eigenvalue weighted by Crippen LogP contribution is 2.27. The van der Waals surface area contributed by atoms with Crippen LogP contribution < -0.4 is 5.32 Å². The number of benzene rings is 1. The van der Waals surface area contributed by atoms with E-state index in [1.165, 1.54) is 44.1 Å². The molecule has 0 heterocycles. The van der Waals surface area contributed by atoms with Crippen molar-refractivity contribution in [3.05, 3.63) is 34.9 Å². The molecule has 1 aromatic rings. The summed E-state index contributed by atoms with van der Waals surface area (Å²) in [6.07, 6.45) is 7.98. The Morgan fingerprint density at radius 2 is 2.11 bits per heavy atom. The van der Waals surface area contributed by atoms with Gasteiger partial charge in [0.05, 0.1) is 0 Å². The molecule has 2 heteroatoms. The standard InChI is InChI=1S/C16H24ClN/c1-2-18-16-9-4-3-6-14(12-16)10-13-7-5-8-15(17)11-13/h5,7-8,11,14,16,18H,2-4,6,9-10,12H2,1H3. The maximum atomic E-state index is 6.06. The molecule has 18 heavy (non-hydrogen) atoms. The topological polar surface area (TPSA) is 12.0 Å². The second kappa shape index (κ2) is 7.16. The Kier molecular flexibility index (Phi) is 5.52. The summed E-state index contributed by atoms with van der Waals surface area (Å²) >= 11 is 6.06. The van der Waals surface area contributed by atoms with E-state index in [9.17, 15) is 0 Å². The van der Waals surface area contributed by atoms with Crippen LogP contribution in [0, 0.1) is 5.92 Å². The average Bonchev–Trinajstić information content (AvgIpc) is 2.55. The lowest BCUT2D eigenvalue weighted by atomic mass is 9.91. The quantitative estimate of drug-likeness (QED) is 0.794. The average molecular weight is 266 g/mol. The van der Waals surface area contributed by atoms with E-state index in [0.29, 0.717) is 0 Å². The summed E-state index contributed by atoms with van der Waals surface area (Å²) in [5.74, 6) is 0.815. The molecule has 0 bridgehead atoms. The smallest absolute Gasteiger partial charge is 0.0408 e. The summed E-state index contributed by atoms with van der Waals surface area (Å²) in [7, 11) is 0. The summed E-state index contributed by atoms with van der Waals surface area (Å²) < 4.78 is 0. The van der Waals surface area contributed by atoms with Crippen molar-refractivity contribution >= 4 is 11.6 Å². The van der Waals surface area contributed by atoms with Gasteiger partial charge in [-0.3, -0.25) is 0 Å². The second-order valence-electron chi connectivity index (χ2n) is 5.47. The molecule has 100 valence electrons. The molecule has 1 fully saturated rings.